The van der Waals surface area contributed by atoms with E-state index in [4.69, 9.17) is 0 Å². The summed E-state index contributed by atoms with van der Waals surface area (Å²) in [6.07, 6.45) is 4.57. The minimum atomic E-state index is -0.839. The maximum Gasteiger partial charge on any atom is 0.261 e. The largest absolute Gasteiger partial charge is 0.507 e. The topological polar surface area (TPSA) is 84.1 Å². The third-order valence-electron chi connectivity index (χ3n) is 6.79. The van der Waals surface area contributed by atoms with Gasteiger partial charge in [0.15, 0.2) is 5.82 Å². The van der Waals surface area contributed by atoms with Gasteiger partial charge in [-0.3, -0.25) is 4.79 Å². The van der Waals surface area contributed by atoms with E-state index in [0.29, 0.717) is 33.9 Å². The lowest BCUT2D eigenvalue weighted by atomic mass is 9.83. The smallest absolute Gasteiger partial charge is 0.261 e. The lowest BCUT2D eigenvalue weighted by Gasteiger charge is -2.38. The van der Waals surface area contributed by atoms with Crippen LogP contribution in [0.4, 0.5) is 10.2 Å². The number of aryl methyl sites for hydroxylation is 1. The molecule has 1 aromatic carbocycles. The molecule has 30 heavy (non-hydrogen) atoms. The van der Waals surface area contributed by atoms with Crippen LogP contribution in [0.15, 0.2) is 35.4 Å². The molecular formula is C22H24FN5O2. The van der Waals surface area contributed by atoms with E-state index in [0.717, 1.165) is 25.7 Å². The zero-order chi connectivity index (χ0) is 21.0. The van der Waals surface area contributed by atoms with E-state index >= 15 is 0 Å². The van der Waals surface area contributed by atoms with E-state index in [-0.39, 0.29) is 23.3 Å². The first-order valence-corrected chi connectivity index (χ1v) is 10.3. The maximum atomic E-state index is 14.9. The van der Waals surface area contributed by atoms with Crippen molar-refractivity contribution < 1.29 is 9.50 Å². The summed E-state index contributed by atoms with van der Waals surface area (Å²) >= 11 is 0. The van der Waals surface area contributed by atoms with Crippen LogP contribution in [0.2, 0.25) is 0 Å². The quantitative estimate of drug-likeness (QED) is 0.716. The molecule has 0 radical (unpaired) electrons. The Balaban J connectivity index is 1.44. The van der Waals surface area contributed by atoms with Crippen molar-refractivity contribution in [3.8, 4) is 17.0 Å². The van der Waals surface area contributed by atoms with Crippen molar-refractivity contribution in [1.29, 1.82) is 0 Å². The number of benzene rings is 1. The van der Waals surface area contributed by atoms with Gasteiger partial charge < -0.3 is 14.6 Å². The van der Waals surface area contributed by atoms with Crippen LogP contribution < -0.4 is 10.5 Å². The van der Waals surface area contributed by atoms with Crippen molar-refractivity contribution in [2.75, 3.05) is 11.9 Å². The highest BCUT2D eigenvalue weighted by Crippen LogP contribution is 2.45. The standard InChI is InChI=1S/C22H24FN5O2/c1-27-11-24-17-9-14(19(29)10-15(17)22(27)30)16-5-6-20(26-25-16)28(2)18-8-12-3-4-13(7-12)21(18)23/h5-6,9-13,18,21,29H,3-4,7-8H2,1-2H3/t12-,13+,18+,21-/m1/s1. The number of phenolic OH excluding ortho intramolecular Hbond substituents is 1. The molecule has 0 amide bonds. The average Bonchev–Trinajstić information content (AvgIpc) is 3.17. The molecule has 4 atom stereocenters. The second-order valence-corrected chi connectivity index (χ2v) is 8.62. The monoisotopic (exact) mass is 409 g/mol. The van der Waals surface area contributed by atoms with E-state index in [1.165, 1.54) is 17.0 Å². The normalized spacial score (nSPS) is 25.6. The molecule has 2 aromatic heterocycles. The van der Waals surface area contributed by atoms with Gasteiger partial charge in [0.2, 0.25) is 0 Å². The predicted molar refractivity (Wildman–Crippen MR) is 112 cm³/mol. The first-order valence-electron chi connectivity index (χ1n) is 10.3. The number of fused-ring (bicyclic) bond motifs is 3. The third kappa shape index (κ3) is 3.02. The van der Waals surface area contributed by atoms with Gasteiger partial charge in [0, 0.05) is 19.7 Å². The lowest BCUT2D eigenvalue weighted by molar-refractivity contribution is 0.144. The predicted octanol–water partition coefficient (Wildman–Crippen LogP) is 3.06. The Morgan fingerprint density at radius 1 is 1.20 bits per heavy atom. The Bertz CT molecular complexity index is 1160. The molecule has 2 fully saturated rings. The van der Waals surface area contributed by atoms with E-state index in [2.05, 4.69) is 15.2 Å². The van der Waals surface area contributed by atoms with Gasteiger partial charge >= 0.3 is 0 Å². The van der Waals surface area contributed by atoms with Crippen molar-refractivity contribution in [1.82, 2.24) is 19.7 Å². The summed E-state index contributed by atoms with van der Waals surface area (Å²) in [5, 5.41) is 19.4. The second-order valence-electron chi connectivity index (χ2n) is 8.62. The van der Waals surface area contributed by atoms with Crippen LogP contribution >= 0.6 is 0 Å². The fourth-order valence-corrected chi connectivity index (χ4v) is 5.05. The molecule has 1 N–H and O–H groups in total. The summed E-state index contributed by atoms with van der Waals surface area (Å²) in [6, 6.07) is 6.42. The van der Waals surface area contributed by atoms with Crippen LogP contribution in [-0.4, -0.2) is 44.1 Å². The SMILES string of the molecule is CN(c1ccc(-c2cc3ncn(C)c(=O)c3cc2O)nn1)[C@H]1C[C@@H]2CC[C@@H](C2)[C@H]1F. The van der Waals surface area contributed by atoms with Crippen molar-refractivity contribution in [3.63, 3.8) is 0 Å². The average molecular weight is 409 g/mol. The molecule has 2 saturated carbocycles. The van der Waals surface area contributed by atoms with Crippen molar-refractivity contribution >= 4 is 16.7 Å². The van der Waals surface area contributed by atoms with Crippen molar-refractivity contribution in [2.24, 2.45) is 18.9 Å². The summed E-state index contributed by atoms with van der Waals surface area (Å²) < 4.78 is 16.3. The van der Waals surface area contributed by atoms with Gasteiger partial charge in [0.1, 0.15) is 11.9 Å². The highest BCUT2D eigenvalue weighted by atomic mass is 19.1. The van der Waals surface area contributed by atoms with Crippen LogP contribution in [0.25, 0.3) is 22.2 Å². The van der Waals surface area contributed by atoms with Gasteiger partial charge in [-0.1, -0.05) is 0 Å². The summed E-state index contributed by atoms with van der Waals surface area (Å²) in [6.45, 7) is 0. The van der Waals surface area contributed by atoms with Gasteiger partial charge in [-0.25, -0.2) is 9.37 Å². The number of aromatic hydroxyl groups is 1. The molecule has 0 unspecified atom stereocenters. The Morgan fingerprint density at radius 2 is 2.03 bits per heavy atom. The molecular weight excluding hydrogens is 385 g/mol. The summed E-state index contributed by atoms with van der Waals surface area (Å²) in [4.78, 5) is 18.4. The van der Waals surface area contributed by atoms with E-state index < -0.39 is 6.17 Å². The van der Waals surface area contributed by atoms with Crippen LogP contribution in [0.1, 0.15) is 25.7 Å². The van der Waals surface area contributed by atoms with Crippen molar-refractivity contribution in [2.45, 2.75) is 37.9 Å². The molecule has 3 aromatic rings. The van der Waals surface area contributed by atoms with Crippen LogP contribution in [0.3, 0.4) is 0 Å². The molecule has 2 aliphatic carbocycles. The fourth-order valence-electron chi connectivity index (χ4n) is 5.05. The summed E-state index contributed by atoms with van der Waals surface area (Å²) in [5.41, 5.74) is 1.16. The van der Waals surface area contributed by atoms with Gasteiger partial charge in [0.05, 0.1) is 29.0 Å². The van der Waals surface area contributed by atoms with E-state index in [1.54, 1.807) is 25.2 Å². The Morgan fingerprint density at radius 3 is 2.80 bits per heavy atom. The van der Waals surface area contributed by atoms with Gasteiger partial charge in [0.25, 0.3) is 5.56 Å². The summed E-state index contributed by atoms with van der Waals surface area (Å²) in [7, 11) is 3.49. The second kappa shape index (κ2) is 7.04. The number of phenols is 1. The highest BCUT2D eigenvalue weighted by molar-refractivity contribution is 5.86. The van der Waals surface area contributed by atoms with Crippen LogP contribution in [-0.2, 0) is 7.05 Å². The van der Waals surface area contributed by atoms with Crippen molar-refractivity contribution in [3.05, 3.63) is 40.9 Å². The zero-order valence-electron chi connectivity index (χ0n) is 17.0. The van der Waals surface area contributed by atoms with Gasteiger partial charge in [-0.15, -0.1) is 10.2 Å². The molecule has 7 nitrogen and oxygen atoms in total. The number of aromatic nitrogens is 4. The van der Waals surface area contributed by atoms with E-state index in [1.807, 2.05) is 11.9 Å². The number of hydrogen-bond acceptors (Lipinski definition) is 6. The molecule has 0 spiro atoms. The third-order valence-corrected chi connectivity index (χ3v) is 6.79. The molecule has 5 rings (SSSR count). The summed E-state index contributed by atoms with van der Waals surface area (Å²) in [5.74, 6) is 1.32. The first-order chi connectivity index (χ1) is 14.4. The molecule has 2 aliphatic rings. The van der Waals surface area contributed by atoms with Crippen LogP contribution in [0.5, 0.6) is 5.75 Å². The Labute approximate surface area is 173 Å². The lowest BCUT2D eigenvalue weighted by Crippen LogP contribution is -2.46. The highest BCUT2D eigenvalue weighted by Gasteiger charge is 2.44. The van der Waals surface area contributed by atoms with Gasteiger partial charge in [-0.2, -0.15) is 0 Å². The molecule has 156 valence electrons. The van der Waals surface area contributed by atoms with Crippen LogP contribution in [0, 0.1) is 11.8 Å². The Hall–Kier alpha value is -3.03. The molecule has 8 heteroatoms. The fraction of sp³-hybridized carbons (Fsp3) is 0.455. The molecule has 2 bridgehead atoms. The Kier molecular flexibility index (Phi) is 4.45. The molecule has 0 aliphatic heterocycles. The number of anilines is 1. The number of nitrogens with zero attached hydrogens (tertiary/aromatic N) is 5. The maximum absolute atomic E-state index is 14.9. The molecule has 2 heterocycles. The van der Waals surface area contributed by atoms with E-state index in [9.17, 15) is 14.3 Å². The zero-order valence-corrected chi connectivity index (χ0v) is 17.0. The minimum Gasteiger partial charge on any atom is -0.507 e. The van der Waals surface area contributed by atoms with Gasteiger partial charge in [-0.05, 0) is 61.8 Å². The molecule has 0 saturated heterocycles. The first kappa shape index (κ1) is 19.0. The minimum absolute atomic E-state index is 0.0596. The number of alkyl halides is 1. The number of halogens is 1. The number of rotatable bonds is 3. The number of hydrogen-bond donors (Lipinski definition) is 1.